The molecule has 3 saturated heterocycles. The van der Waals surface area contributed by atoms with E-state index < -0.39 is 41.9 Å². The van der Waals surface area contributed by atoms with Gasteiger partial charge < -0.3 is 44.5 Å². The first-order valence-corrected chi connectivity index (χ1v) is 17.5. The molecule has 0 radical (unpaired) electrons. The van der Waals surface area contributed by atoms with Gasteiger partial charge in [0, 0.05) is 11.3 Å². The fraction of sp³-hybridized carbons (Fsp3) is 1.00. The van der Waals surface area contributed by atoms with Gasteiger partial charge in [0.15, 0.2) is 12.1 Å². The summed E-state index contributed by atoms with van der Waals surface area (Å²) in [5.41, 5.74) is -0.853. The Bertz CT molecular complexity index is 1210. The summed E-state index contributed by atoms with van der Waals surface area (Å²) in [6.45, 7) is 15.6. The van der Waals surface area contributed by atoms with Gasteiger partial charge in [-0.15, -0.1) is 0 Å². The molecular formula is C35H56O9. The summed E-state index contributed by atoms with van der Waals surface area (Å²) in [5, 5.41) is 55.7. The predicted molar refractivity (Wildman–Crippen MR) is 159 cm³/mol. The normalized spacial score (nSPS) is 63.3. The third-order valence-electron chi connectivity index (χ3n) is 16.0. The molecule has 0 aromatic heterocycles. The Kier molecular flexibility index (Phi) is 6.33. The van der Waals surface area contributed by atoms with Gasteiger partial charge >= 0.3 is 0 Å². The number of fused-ring (bicyclic) bond motifs is 4. The molecule has 8 aliphatic rings. The van der Waals surface area contributed by atoms with E-state index in [0.29, 0.717) is 11.8 Å². The van der Waals surface area contributed by atoms with Crippen LogP contribution in [0.25, 0.3) is 0 Å². The summed E-state index contributed by atoms with van der Waals surface area (Å²) < 4.78 is 24.7. The topological polar surface area (TPSA) is 141 Å². The number of aliphatic hydroxyl groups is 5. The molecule has 0 bridgehead atoms. The van der Waals surface area contributed by atoms with Crippen LogP contribution in [-0.4, -0.2) is 92.5 Å². The molecule has 8 rings (SSSR count). The van der Waals surface area contributed by atoms with Crippen molar-refractivity contribution in [2.24, 2.45) is 50.7 Å². The molecule has 5 saturated carbocycles. The Hall–Kier alpha value is -0.360. The van der Waals surface area contributed by atoms with E-state index in [0.717, 1.165) is 51.4 Å². The molecule has 0 aromatic carbocycles. The van der Waals surface area contributed by atoms with E-state index >= 15 is 0 Å². The van der Waals surface area contributed by atoms with E-state index in [4.69, 9.17) is 18.9 Å². The van der Waals surface area contributed by atoms with Crippen LogP contribution in [0.5, 0.6) is 0 Å². The summed E-state index contributed by atoms with van der Waals surface area (Å²) >= 11 is 0. The molecule has 3 aliphatic heterocycles. The van der Waals surface area contributed by atoms with Crippen LogP contribution in [0.15, 0.2) is 0 Å². The highest BCUT2D eigenvalue weighted by atomic mass is 16.7. The summed E-state index contributed by atoms with van der Waals surface area (Å²) in [6.07, 6.45) is 1.96. The van der Waals surface area contributed by atoms with Gasteiger partial charge in [-0.05, 0) is 105 Å². The van der Waals surface area contributed by atoms with Crippen molar-refractivity contribution in [1.29, 1.82) is 0 Å². The van der Waals surface area contributed by atoms with Crippen molar-refractivity contribution in [2.75, 3.05) is 6.61 Å². The molecule has 44 heavy (non-hydrogen) atoms. The molecule has 2 spiro atoms. The largest absolute Gasteiger partial charge is 0.388 e. The van der Waals surface area contributed by atoms with Crippen molar-refractivity contribution in [3.8, 4) is 0 Å². The van der Waals surface area contributed by atoms with Crippen molar-refractivity contribution in [3.63, 3.8) is 0 Å². The molecule has 17 atom stereocenters. The zero-order valence-corrected chi connectivity index (χ0v) is 27.7. The molecule has 9 nitrogen and oxygen atoms in total. The summed E-state index contributed by atoms with van der Waals surface area (Å²) in [6, 6.07) is 0. The first kappa shape index (κ1) is 30.9. The number of hydrogen-bond acceptors (Lipinski definition) is 9. The zero-order valence-electron chi connectivity index (χ0n) is 27.7. The van der Waals surface area contributed by atoms with Crippen molar-refractivity contribution < 1.29 is 44.5 Å². The van der Waals surface area contributed by atoms with E-state index in [2.05, 4.69) is 48.5 Å². The number of hydrogen-bond donors (Lipinski definition) is 5. The van der Waals surface area contributed by atoms with Crippen LogP contribution < -0.4 is 0 Å². The van der Waals surface area contributed by atoms with Gasteiger partial charge in [-0.3, -0.25) is 0 Å². The Balaban J connectivity index is 1.07. The van der Waals surface area contributed by atoms with E-state index in [1.807, 2.05) is 0 Å². The van der Waals surface area contributed by atoms with Gasteiger partial charge in [0.05, 0.1) is 24.4 Å². The molecule has 0 unspecified atom stereocenters. The maximum absolute atomic E-state index is 12.5. The van der Waals surface area contributed by atoms with Crippen LogP contribution in [0.4, 0.5) is 0 Å². The average molecular weight is 621 g/mol. The van der Waals surface area contributed by atoms with E-state index in [1.54, 1.807) is 0 Å². The fourth-order valence-electron chi connectivity index (χ4n) is 13.8. The van der Waals surface area contributed by atoms with Gasteiger partial charge in [0.25, 0.3) is 0 Å². The quantitative estimate of drug-likeness (QED) is 0.238. The molecule has 250 valence electrons. The van der Waals surface area contributed by atoms with Crippen molar-refractivity contribution in [3.05, 3.63) is 0 Å². The number of aliphatic hydroxyl groups excluding tert-OH is 4. The molecule has 5 N–H and O–H groups in total. The Morgan fingerprint density at radius 3 is 2.14 bits per heavy atom. The smallest absolute Gasteiger partial charge is 0.196 e. The highest BCUT2D eigenvalue weighted by Crippen LogP contribution is 2.89. The van der Waals surface area contributed by atoms with Crippen LogP contribution in [0.3, 0.4) is 0 Å². The van der Waals surface area contributed by atoms with Crippen molar-refractivity contribution in [2.45, 2.75) is 160 Å². The number of ether oxygens (including phenoxy) is 4. The first-order chi connectivity index (χ1) is 20.4. The second-order valence-electron chi connectivity index (χ2n) is 18.3. The third kappa shape index (κ3) is 3.48. The molecule has 0 amide bonds. The standard InChI is InChI=1S/C35H56O9/c1-17-14-19(26-30(4,5)44-26)43-35(40)25(17)31(6)12-13-34-16-33(34)11-10-22(42-27-24(38)23(37)18(36)15-41-27)29(2,3)20(33)8-9-21(34)32(31,7)28(35)39/h17-28,36-40H,8-16H2,1-7H3/t17-,18-,19-,20+,21+,22+,23+,24-,25-,26+,27+,28-,31-,32-,33-,34+,35+/m1/s1. The monoisotopic (exact) mass is 620 g/mol. The second-order valence-corrected chi connectivity index (χ2v) is 18.3. The molecule has 3 heterocycles. The van der Waals surface area contributed by atoms with Gasteiger partial charge in [-0.1, -0.05) is 34.6 Å². The highest BCUT2D eigenvalue weighted by Gasteiger charge is 2.87. The molecule has 0 aromatic rings. The lowest BCUT2D eigenvalue weighted by atomic mass is 9.41. The maximum Gasteiger partial charge on any atom is 0.196 e. The Morgan fingerprint density at radius 1 is 0.795 bits per heavy atom. The average Bonchev–Trinajstić information content (AvgIpc) is 3.80. The molecule has 5 aliphatic carbocycles. The van der Waals surface area contributed by atoms with Crippen LogP contribution >= 0.6 is 0 Å². The fourth-order valence-corrected chi connectivity index (χ4v) is 13.8. The lowest BCUT2D eigenvalue weighted by Gasteiger charge is -2.63. The lowest BCUT2D eigenvalue weighted by molar-refractivity contribution is -0.327. The van der Waals surface area contributed by atoms with Crippen LogP contribution in [-0.2, 0) is 18.9 Å². The summed E-state index contributed by atoms with van der Waals surface area (Å²) in [4.78, 5) is 0. The van der Waals surface area contributed by atoms with Gasteiger partial charge in [-0.25, -0.2) is 0 Å². The SMILES string of the molecule is C[C@@H]1C[C@H]([C@@H]2OC2(C)C)O[C@]2(O)[C@H](O)[C@@]3(C)[C@@H]4CC[C@H]5C(C)(C)[C@@H](O[C@@H]6OC[C@@H](O)[C@H](O)[C@H]6O)CC[C@@]56C[C@@]46CC[C@]3(C)[C@@H]12. The van der Waals surface area contributed by atoms with E-state index in [9.17, 15) is 25.5 Å². The Labute approximate surface area is 262 Å². The molecule has 8 fully saturated rings. The van der Waals surface area contributed by atoms with Crippen molar-refractivity contribution >= 4 is 0 Å². The zero-order chi connectivity index (χ0) is 31.6. The van der Waals surface area contributed by atoms with Gasteiger partial charge in [0.2, 0.25) is 0 Å². The first-order valence-electron chi connectivity index (χ1n) is 17.5. The van der Waals surface area contributed by atoms with Crippen LogP contribution in [0, 0.1) is 50.7 Å². The molecule has 9 heteroatoms. The predicted octanol–water partition coefficient (Wildman–Crippen LogP) is 3.12. The van der Waals surface area contributed by atoms with Crippen LogP contribution in [0.1, 0.15) is 99.8 Å². The minimum atomic E-state index is -1.58. The van der Waals surface area contributed by atoms with E-state index in [-0.39, 0.29) is 64.0 Å². The maximum atomic E-state index is 12.5. The second kappa shape index (κ2) is 9.00. The van der Waals surface area contributed by atoms with Gasteiger partial charge in [0.1, 0.15) is 30.5 Å². The van der Waals surface area contributed by atoms with Crippen molar-refractivity contribution in [1.82, 2.24) is 0 Å². The van der Waals surface area contributed by atoms with Crippen LogP contribution in [0.2, 0.25) is 0 Å². The van der Waals surface area contributed by atoms with Gasteiger partial charge in [-0.2, -0.15) is 0 Å². The number of epoxide rings is 1. The number of rotatable bonds is 3. The molecular weight excluding hydrogens is 564 g/mol. The van der Waals surface area contributed by atoms with E-state index in [1.165, 1.54) is 0 Å². The summed E-state index contributed by atoms with van der Waals surface area (Å²) in [7, 11) is 0. The Morgan fingerprint density at radius 2 is 1.45 bits per heavy atom. The summed E-state index contributed by atoms with van der Waals surface area (Å²) in [5.74, 6) is -0.781. The lowest BCUT2D eigenvalue weighted by Crippen LogP contribution is -2.61. The third-order valence-corrected chi connectivity index (χ3v) is 16.0. The minimum absolute atomic E-state index is 0.0491. The minimum Gasteiger partial charge on any atom is -0.388 e. The highest BCUT2D eigenvalue weighted by molar-refractivity contribution is 5.33.